The number of carbonyl (C=O) groups excluding carboxylic acids is 1. The highest BCUT2D eigenvalue weighted by Crippen LogP contribution is 2.16. The summed E-state index contributed by atoms with van der Waals surface area (Å²) < 4.78 is 1.23. The van der Waals surface area contributed by atoms with Crippen molar-refractivity contribution < 1.29 is 4.79 Å². The van der Waals surface area contributed by atoms with Crippen molar-refractivity contribution in [2.24, 2.45) is 7.05 Å². The molecule has 0 saturated carbocycles. The van der Waals surface area contributed by atoms with Gasteiger partial charge in [0.05, 0.1) is 5.39 Å². The van der Waals surface area contributed by atoms with Crippen molar-refractivity contribution in [3.63, 3.8) is 0 Å². The van der Waals surface area contributed by atoms with Crippen LogP contribution in [0.15, 0.2) is 29.1 Å². The monoisotopic (exact) mass is 324 g/mol. The molecule has 24 heavy (non-hydrogen) atoms. The Hall–Kier alpha value is -2.65. The Kier molecular flexibility index (Phi) is 4.63. The number of benzene rings is 1. The van der Waals surface area contributed by atoms with Crippen LogP contribution >= 0.6 is 0 Å². The highest BCUT2D eigenvalue weighted by atomic mass is 16.2. The lowest BCUT2D eigenvalue weighted by Gasteiger charge is -2.34. The van der Waals surface area contributed by atoms with E-state index in [1.54, 1.807) is 30.1 Å². The van der Waals surface area contributed by atoms with E-state index in [1.165, 1.54) is 4.68 Å². The molecule has 1 fully saturated rings. The van der Waals surface area contributed by atoms with Gasteiger partial charge in [-0.15, -0.1) is 12.3 Å². The maximum Gasteiger partial charge on any atom is 0.275 e. The molecular weight excluding hydrogens is 304 g/mol. The van der Waals surface area contributed by atoms with Crippen molar-refractivity contribution in [2.45, 2.75) is 6.42 Å². The van der Waals surface area contributed by atoms with E-state index in [4.69, 9.17) is 6.42 Å². The van der Waals surface area contributed by atoms with Crippen LogP contribution in [0.5, 0.6) is 0 Å². The average molecular weight is 324 g/mol. The van der Waals surface area contributed by atoms with E-state index in [9.17, 15) is 9.59 Å². The Morgan fingerprint density at radius 2 is 1.88 bits per heavy atom. The van der Waals surface area contributed by atoms with Crippen LogP contribution in [0.3, 0.4) is 0 Å². The van der Waals surface area contributed by atoms with Crippen LogP contribution in [0, 0.1) is 12.3 Å². The van der Waals surface area contributed by atoms with Gasteiger partial charge in [-0.3, -0.25) is 14.5 Å². The fourth-order valence-electron chi connectivity index (χ4n) is 3.00. The first-order chi connectivity index (χ1) is 11.6. The minimum absolute atomic E-state index is 0.126. The van der Waals surface area contributed by atoms with Crippen molar-refractivity contribution in [3.05, 3.63) is 40.3 Å². The molecule has 0 unspecified atom stereocenters. The van der Waals surface area contributed by atoms with Gasteiger partial charge in [0.15, 0.2) is 5.69 Å². The van der Waals surface area contributed by atoms with Crippen LogP contribution in [0.4, 0.5) is 0 Å². The third kappa shape index (κ3) is 3.03. The van der Waals surface area contributed by atoms with Crippen LogP contribution < -0.4 is 5.56 Å². The molecule has 1 aliphatic heterocycles. The minimum atomic E-state index is -0.193. The first-order valence-electron chi connectivity index (χ1n) is 8.03. The lowest BCUT2D eigenvalue weighted by molar-refractivity contribution is 0.0634. The molecule has 2 heterocycles. The van der Waals surface area contributed by atoms with E-state index in [2.05, 4.69) is 15.9 Å². The van der Waals surface area contributed by atoms with Gasteiger partial charge in [0.1, 0.15) is 0 Å². The SMILES string of the molecule is C#CCCN1CCN(C(=O)c2nn(C)c(=O)c3ccccc23)CC1. The number of hydrogen-bond donors (Lipinski definition) is 0. The van der Waals surface area contributed by atoms with Crippen LogP contribution in [-0.2, 0) is 7.05 Å². The van der Waals surface area contributed by atoms with Crippen molar-refractivity contribution in [2.75, 3.05) is 32.7 Å². The summed E-state index contributed by atoms with van der Waals surface area (Å²) in [6.45, 7) is 3.75. The first kappa shape index (κ1) is 16.2. The molecule has 0 radical (unpaired) electrons. The van der Waals surface area contributed by atoms with Gasteiger partial charge < -0.3 is 4.90 Å². The number of nitrogens with zero attached hydrogens (tertiary/aromatic N) is 4. The quantitative estimate of drug-likeness (QED) is 0.781. The van der Waals surface area contributed by atoms with Crippen LogP contribution in [0.2, 0.25) is 0 Å². The van der Waals surface area contributed by atoms with E-state index in [-0.39, 0.29) is 11.5 Å². The van der Waals surface area contributed by atoms with Gasteiger partial charge in [-0.2, -0.15) is 5.10 Å². The molecule has 6 heteroatoms. The molecular formula is C18H20N4O2. The fraction of sp³-hybridized carbons (Fsp3) is 0.389. The molecule has 0 N–H and O–H groups in total. The number of terminal acetylenes is 1. The number of piperazine rings is 1. The van der Waals surface area contributed by atoms with Crippen LogP contribution in [0.25, 0.3) is 10.8 Å². The van der Waals surface area contributed by atoms with Crippen molar-refractivity contribution in [1.29, 1.82) is 0 Å². The molecule has 0 spiro atoms. The van der Waals surface area contributed by atoms with E-state index >= 15 is 0 Å². The maximum atomic E-state index is 12.9. The summed E-state index contributed by atoms with van der Waals surface area (Å²) in [4.78, 5) is 29.1. The second-order valence-corrected chi connectivity index (χ2v) is 5.91. The number of hydrogen-bond acceptors (Lipinski definition) is 4. The molecule has 124 valence electrons. The number of fused-ring (bicyclic) bond motifs is 1. The highest BCUT2D eigenvalue weighted by Gasteiger charge is 2.25. The number of aryl methyl sites for hydroxylation is 1. The van der Waals surface area contributed by atoms with Gasteiger partial charge in [-0.05, 0) is 6.07 Å². The molecule has 1 aliphatic rings. The van der Waals surface area contributed by atoms with Crippen molar-refractivity contribution in [3.8, 4) is 12.3 Å². The predicted molar refractivity (Wildman–Crippen MR) is 92.8 cm³/mol. The average Bonchev–Trinajstić information content (AvgIpc) is 2.63. The van der Waals surface area contributed by atoms with Crippen molar-refractivity contribution in [1.82, 2.24) is 19.6 Å². The van der Waals surface area contributed by atoms with Gasteiger partial charge in [0.25, 0.3) is 11.5 Å². The maximum absolute atomic E-state index is 12.9. The second kappa shape index (κ2) is 6.85. The summed E-state index contributed by atoms with van der Waals surface area (Å²) in [5.41, 5.74) is 0.144. The number of aromatic nitrogens is 2. The largest absolute Gasteiger partial charge is 0.335 e. The third-order valence-electron chi connectivity index (χ3n) is 4.39. The smallest absolute Gasteiger partial charge is 0.275 e. The Bertz CT molecular complexity index is 857. The van der Waals surface area contributed by atoms with Gasteiger partial charge in [0, 0.05) is 51.6 Å². The number of carbonyl (C=O) groups is 1. The van der Waals surface area contributed by atoms with Gasteiger partial charge >= 0.3 is 0 Å². The molecule has 1 saturated heterocycles. The normalized spacial score (nSPS) is 15.4. The Labute approximate surface area is 140 Å². The summed E-state index contributed by atoms with van der Waals surface area (Å²) in [7, 11) is 1.57. The highest BCUT2D eigenvalue weighted by molar-refractivity contribution is 6.04. The summed E-state index contributed by atoms with van der Waals surface area (Å²) >= 11 is 0. The van der Waals surface area contributed by atoms with Crippen molar-refractivity contribution >= 4 is 16.7 Å². The molecule has 0 atom stereocenters. The summed E-state index contributed by atoms with van der Waals surface area (Å²) in [6.07, 6.45) is 6.02. The zero-order valence-corrected chi connectivity index (χ0v) is 13.7. The van der Waals surface area contributed by atoms with E-state index < -0.39 is 0 Å². The Morgan fingerprint density at radius 1 is 1.21 bits per heavy atom. The number of amides is 1. The molecule has 1 aromatic heterocycles. The Morgan fingerprint density at radius 3 is 2.54 bits per heavy atom. The van der Waals surface area contributed by atoms with Gasteiger partial charge in [-0.25, -0.2) is 4.68 Å². The lowest BCUT2D eigenvalue weighted by atomic mass is 10.1. The summed E-state index contributed by atoms with van der Waals surface area (Å²) in [5, 5.41) is 5.35. The molecule has 1 aromatic carbocycles. The minimum Gasteiger partial charge on any atom is -0.335 e. The summed E-state index contributed by atoms with van der Waals surface area (Å²) in [5.74, 6) is 2.52. The molecule has 0 bridgehead atoms. The van der Waals surface area contributed by atoms with E-state index in [1.807, 2.05) is 6.07 Å². The lowest BCUT2D eigenvalue weighted by Crippen LogP contribution is -2.49. The molecule has 0 aliphatic carbocycles. The zero-order chi connectivity index (χ0) is 17.1. The van der Waals surface area contributed by atoms with Crippen LogP contribution in [0.1, 0.15) is 16.9 Å². The van der Waals surface area contributed by atoms with Gasteiger partial charge in [-0.1, -0.05) is 18.2 Å². The predicted octanol–water partition coefficient (Wildman–Crippen LogP) is 0.715. The zero-order valence-electron chi connectivity index (χ0n) is 13.7. The molecule has 3 rings (SSSR count). The molecule has 1 amide bonds. The molecule has 2 aromatic rings. The second-order valence-electron chi connectivity index (χ2n) is 5.91. The first-order valence-corrected chi connectivity index (χ1v) is 8.03. The Balaban J connectivity index is 1.84. The third-order valence-corrected chi connectivity index (χ3v) is 4.39. The standard InChI is InChI=1S/C18H20N4O2/c1-3-4-9-21-10-12-22(13-11-21)18(24)16-14-7-5-6-8-15(14)17(23)20(2)19-16/h1,5-8H,4,9-13H2,2H3. The van der Waals surface area contributed by atoms with E-state index in [0.717, 1.165) is 26.1 Å². The molecule has 6 nitrogen and oxygen atoms in total. The number of rotatable bonds is 3. The van der Waals surface area contributed by atoms with E-state index in [0.29, 0.717) is 29.6 Å². The topological polar surface area (TPSA) is 58.4 Å². The summed E-state index contributed by atoms with van der Waals surface area (Å²) in [6, 6.07) is 7.12. The fourth-order valence-corrected chi connectivity index (χ4v) is 3.00. The van der Waals surface area contributed by atoms with Gasteiger partial charge in [0.2, 0.25) is 0 Å². The van der Waals surface area contributed by atoms with Crippen LogP contribution in [-0.4, -0.2) is 58.2 Å².